The topological polar surface area (TPSA) is 77.8 Å². The average molecular weight is 368 g/mol. The van der Waals surface area contributed by atoms with Gasteiger partial charge in [0.05, 0.1) is 12.3 Å². The van der Waals surface area contributed by atoms with Crippen LogP contribution in [-0.4, -0.2) is 47.4 Å². The SMILES string of the molecule is COCCOc1ccc(C(=O)NCCCc2cnc3cc(C)nn3c2)cc1. The number of hydrogen-bond donors (Lipinski definition) is 1. The normalized spacial score (nSPS) is 10.9. The number of amides is 1. The number of benzene rings is 1. The molecule has 3 rings (SSSR count). The molecule has 7 nitrogen and oxygen atoms in total. The average Bonchev–Trinajstić information content (AvgIpc) is 3.05. The van der Waals surface area contributed by atoms with Gasteiger partial charge in [0.15, 0.2) is 5.65 Å². The summed E-state index contributed by atoms with van der Waals surface area (Å²) in [5.74, 6) is 0.634. The molecule has 1 aromatic carbocycles. The fourth-order valence-electron chi connectivity index (χ4n) is 2.70. The smallest absolute Gasteiger partial charge is 0.251 e. The predicted molar refractivity (Wildman–Crippen MR) is 102 cm³/mol. The number of fused-ring (bicyclic) bond motifs is 1. The van der Waals surface area contributed by atoms with Crippen LogP contribution >= 0.6 is 0 Å². The number of aromatic nitrogens is 3. The molecule has 0 unspecified atom stereocenters. The highest BCUT2D eigenvalue weighted by Gasteiger charge is 2.06. The van der Waals surface area contributed by atoms with Crippen LogP contribution in [0.15, 0.2) is 42.7 Å². The largest absolute Gasteiger partial charge is 0.491 e. The highest BCUT2D eigenvalue weighted by atomic mass is 16.5. The van der Waals surface area contributed by atoms with Crippen LogP contribution in [0.1, 0.15) is 28.0 Å². The second kappa shape index (κ2) is 9.14. The van der Waals surface area contributed by atoms with Gasteiger partial charge in [-0.05, 0) is 49.6 Å². The highest BCUT2D eigenvalue weighted by Crippen LogP contribution is 2.12. The van der Waals surface area contributed by atoms with Crippen molar-refractivity contribution < 1.29 is 14.3 Å². The first-order valence-corrected chi connectivity index (χ1v) is 8.96. The molecule has 7 heteroatoms. The van der Waals surface area contributed by atoms with Crippen LogP contribution in [0.5, 0.6) is 5.75 Å². The highest BCUT2D eigenvalue weighted by molar-refractivity contribution is 5.94. The maximum absolute atomic E-state index is 12.2. The Kier molecular flexibility index (Phi) is 6.38. The third-order valence-electron chi connectivity index (χ3n) is 4.09. The second-order valence-corrected chi connectivity index (χ2v) is 6.28. The Balaban J connectivity index is 1.43. The van der Waals surface area contributed by atoms with Crippen molar-refractivity contribution in [3.05, 3.63) is 59.5 Å². The summed E-state index contributed by atoms with van der Waals surface area (Å²) in [6.07, 6.45) is 5.51. The van der Waals surface area contributed by atoms with E-state index in [-0.39, 0.29) is 5.91 Å². The van der Waals surface area contributed by atoms with E-state index in [9.17, 15) is 4.79 Å². The van der Waals surface area contributed by atoms with E-state index in [4.69, 9.17) is 9.47 Å². The molecule has 0 saturated heterocycles. The van der Waals surface area contributed by atoms with Crippen molar-refractivity contribution in [2.75, 3.05) is 26.9 Å². The molecule has 1 amide bonds. The molecular weight excluding hydrogens is 344 g/mol. The van der Waals surface area contributed by atoms with Crippen LogP contribution in [0.25, 0.3) is 5.65 Å². The molecule has 3 aromatic rings. The van der Waals surface area contributed by atoms with E-state index < -0.39 is 0 Å². The lowest BCUT2D eigenvalue weighted by Gasteiger charge is -2.08. The minimum absolute atomic E-state index is 0.0882. The summed E-state index contributed by atoms with van der Waals surface area (Å²) in [5, 5.41) is 7.31. The summed E-state index contributed by atoms with van der Waals surface area (Å²) in [4.78, 5) is 16.6. The molecule has 0 spiro atoms. The van der Waals surface area contributed by atoms with Gasteiger partial charge in [-0.1, -0.05) is 0 Å². The van der Waals surface area contributed by atoms with E-state index in [0.29, 0.717) is 25.3 Å². The van der Waals surface area contributed by atoms with Crippen LogP contribution in [-0.2, 0) is 11.2 Å². The predicted octanol–water partition coefficient (Wildman–Crippen LogP) is 2.43. The first kappa shape index (κ1) is 18.8. The van der Waals surface area contributed by atoms with Crippen LogP contribution in [0.4, 0.5) is 0 Å². The fraction of sp³-hybridized carbons (Fsp3) is 0.350. The molecule has 2 aromatic heterocycles. The number of carbonyl (C=O) groups is 1. The number of nitrogens with one attached hydrogen (secondary N) is 1. The monoisotopic (exact) mass is 368 g/mol. The molecule has 0 bridgehead atoms. The lowest BCUT2D eigenvalue weighted by atomic mass is 10.1. The molecule has 0 fully saturated rings. The summed E-state index contributed by atoms with van der Waals surface area (Å²) in [6.45, 7) is 3.56. The molecule has 0 saturated carbocycles. The van der Waals surface area contributed by atoms with Gasteiger partial charge in [0.2, 0.25) is 0 Å². The van der Waals surface area contributed by atoms with Crippen LogP contribution < -0.4 is 10.1 Å². The van der Waals surface area contributed by atoms with E-state index in [1.54, 1.807) is 35.9 Å². The van der Waals surface area contributed by atoms with Gasteiger partial charge in [0.1, 0.15) is 12.4 Å². The Morgan fingerprint density at radius 2 is 2.04 bits per heavy atom. The standard InChI is InChI=1S/C20H24N4O3/c1-15-12-19-22-13-16(14-24(19)23-15)4-3-9-21-20(25)17-5-7-18(8-6-17)27-11-10-26-2/h5-8,12-14H,3-4,9-11H2,1-2H3,(H,21,25). The van der Waals surface area contributed by atoms with Gasteiger partial charge in [-0.2, -0.15) is 5.10 Å². The lowest BCUT2D eigenvalue weighted by Crippen LogP contribution is -2.24. The maximum atomic E-state index is 12.2. The molecule has 0 aliphatic carbocycles. The Labute approximate surface area is 158 Å². The van der Waals surface area contributed by atoms with Gasteiger partial charge < -0.3 is 14.8 Å². The van der Waals surface area contributed by atoms with Gasteiger partial charge >= 0.3 is 0 Å². The van der Waals surface area contributed by atoms with Crippen LogP contribution in [0, 0.1) is 6.92 Å². The number of nitrogens with zero attached hydrogens (tertiary/aromatic N) is 3. The first-order valence-electron chi connectivity index (χ1n) is 8.96. The van der Waals surface area contributed by atoms with E-state index in [2.05, 4.69) is 15.4 Å². The van der Waals surface area contributed by atoms with Crippen molar-refractivity contribution in [1.29, 1.82) is 0 Å². The number of methoxy groups -OCH3 is 1. The van der Waals surface area contributed by atoms with E-state index >= 15 is 0 Å². The second-order valence-electron chi connectivity index (χ2n) is 6.28. The van der Waals surface area contributed by atoms with Gasteiger partial charge in [0.25, 0.3) is 5.91 Å². The molecule has 0 radical (unpaired) electrons. The first-order chi connectivity index (χ1) is 13.2. The summed E-state index contributed by atoms with van der Waals surface area (Å²) < 4.78 is 12.2. The minimum atomic E-state index is -0.0882. The molecule has 2 heterocycles. The zero-order chi connectivity index (χ0) is 19.1. The van der Waals surface area contributed by atoms with Crippen molar-refractivity contribution in [3.63, 3.8) is 0 Å². The molecular formula is C20H24N4O3. The van der Waals surface area contributed by atoms with Gasteiger partial charge in [-0.15, -0.1) is 0 Å². The van der Waals surface area contributed by atoms with Gasteiger partial charge in [0, 0.05) is 37.7 Å². The molecule has 0 aliphatic heterocycles. The zero-order valence-electron chi connectivity index (χ0n) is 15.6. The number of carbonyl (C=O) groups excluding carboxylic acids is 1. The Bertz CT molecular complexity index is 890. The van der Waals surface area contributed by atoms with Gasteiger partial charge in [-0.25, -0.2) is 9.50 Å². The summed E-state index contributed by atoms with van der Waals surface area (Å²) in [7, 11) is 1.63. The molecule has 142 valence electrons. The number of aryl methyl sites for hydroxylation is 2. The van der Waals surface area contributed by atoms with Crippen molar-refractivity contribution >= 4 is 11.6 Å². The number of ether oxygens (including phenoxy) is 2. The summed E-state index contributed by atoms with van der Waals surface area (Å²) >= 11 is 0. The van der Waals surface area contributed by atoms with Gasteiger partial charge in [-0.3, -0.25) is 4.79 Å². The van der Waals surface area contributed by atoms with Crippen LogP contribution in [0.2, 0.25) is 0 Å². The third kappa shape index (κ3) is 5.27. The molecule has 0 aliphatic rings. The fourth-order valence-corrected chi connectivity index (χ4v) is 2.70. The quantitative estimate of drug-likeness (QED) is 0.587. The minimum Gasteiger partial charge on any atom is -0.491 e. The molecule has 0 atom stereocenters. The van der Waals surface area contributed by atoms with Crippen LogP contribution in [0.3, 0.4) is 0 Å². The molecule has 1 N–H and O–H groups in total. The van der Waals surface area contributed by atoms with E-state index in [0.717, 1.165) is 35.5 Å². The van der Waals surface area contributed by atoms with Crippen molar-refractivity contribution in [2.45, 2.75) is 19.8 Å². The van der Waals surface area contributed by atoms with Crippen molar-refractivity contribution in [3.8, 4) is 5.75 Å². The van der Waals surface area contributed by atoms with E-state index in [1.165, 1.54) is 0 Å². The Hall–Kier alpha value is -2.93. The van der Waals surface area contributed by atoms with E-state index in [1.807, 2.05) is 25.4 Å². The summed E-state index contributed by atoms with van der Waals surface area (Å²) in [5.41, 5.74) is 3.50. The Morgan fingerprint density at radius 1 is 1.22 bits per heavy atom. The third-order valence-corrected chi connectivity index (χ3v) is 4.09. The zero-order valence-corrected chi connectivity index (χ0v) is 15.6. The number of hydrogen-bond acceptors (Lipinski definition) is 5. The van der Waals surface area contributed by atoms with Crippen molar-refractivity contribution in [1.82, 2.24) is 19.9 Å². The lowest BCUT2D eigenvalue weighted by molar-refractivity contribution is 0.0953. The molecule has 27 heavy (non-hydrogen) atoms. The maximum Gasteiger partial charge on any atom is 0.251 e. The summed E-state index contributed by atoms with van der Waals surface area (Å²) in [6, 6.07) is 9.04. The Morgan fingerprint density at radius 3 is 2.81 bits per heavy atom. The van der Waals surface area contributed by atoms with Crippen molar-refractivity contribution in [2.24, 2.45) is 0 Å². The number of rotatable bonds is 9.